The summed E-state index contributed by atoms with van der Waals surface area (Å²) in [5.74, 6) is 0. The molecule has 0 fully saturated rings. The lowest BCUT2D eigenvalue weighted by Gasteiger charge is -2.06. The molecule has 0 aromatic heterocycles. The number of hydrogen-bond donors (Lipinski definition) is 0. The first kappa shape index (κ1) is 16.7. The van der Waals surface area contributed by atoms with Crippen LogP contribution in [0.15, 0.2) is 0 Å². The van der Waals surface area contributed by atoms with Gasteiger partial charge in [-0.15, -0.1) is 0 Å². The Morgan fingerprint density at radius 3 is 0.882 bits per heavy atom. The van der Waals surface area contributed by atoms with E-state index in [1.165, 1.54) is 0 Å². The number of hydrogen-bond acceptors (Lipinski definition) is 5. The molecule has 0 amide bonds. The topological polar surface area (TPSA) is 46.2 Å². The molecule has 0 aliphatic carbocycles. The molecule has 0 saturated heterocycles. The van der Waals surface area contributed by atoms with Gasteiger partial charge in [-0.25, -0.2) is 8.78 Å². The minimum Gasteiger partial charge on any atom is -0.377 e. The molecule has 0 radical (unpaired) electrons. The van der Waals surface area contributed by atoms with Crippen molar-refractivity contribution in [3.63, 3.8) is 0 Å². The maximum Gasteiger partial charge on any atom is 0.188 e. The molecule has 5 nitrogen and oxygen atoms in total. The van der Waals surface area contributed by atoms with Gasteiger partial charge in [0.15, 0.2) is 13.7 Å². The van der Waals surface area contributed by atoms with E-state index in [4.69, 9.17) is 14.2 Å². The van der Waals surface area contributed by atoms with Crippen LogP contribution in [0.2, 0.25) is 0 Å². The molecular formula is C10H20F2O5. The number of halogens is 2. The van der Waals surface area contributed by atoms with Crippen LogP contribution in [-0.4, -0.2) is 66.6 Å². The average Bonchev–Trinajstić information content (AvgIpc) is 2.35. The van der Waals surface area contributed by atoms with Crippen molar-refractivity contribution in [2.75, 3.05) is 66.6 Å². The largest absolute Gasteiger partial charge is 0.377 e. The van der Waals surface area contributed by atoms with Crippen LogP contribution in [0, 0.1) is 0 Å². The molecule has 0 unspecified atom stereocenters. The average molecular weight is 258 g/mol. The van der Waals surface area contributed by atoms with Gasteiger partial charge >= 0.3 is 0 Å². The van der Waals surface area contributed by atoms with Crippen LogP contribution < -0.4 is 0 Å². The van der Waals surface area contributed by atoms with Crippen LogP contribution in [0.25, 0.3) is 0 Å². The zero-order valence-electron chi connectivity index (χ0n) is 9.87. The summed E-state index contributed by atoms with van der Waals surface area (Å²) in [5, 5.41) is 0. The van der Waals surface area contributed by atoms with Gasteiger partial charge in [-0.2, -0.15) is 0 Å². The first-order valence-electron chi connectivity index (χ1n) is 5.42. The Labute approximate surface area is 99.9 Å². The van der Waals surface area contributed by atoms with Crippen LogP contribution >= 0.6 is 0 Å². The standard InChI is InChI=1S/C10H20F2O5/c11-9-16-7-5-14-3-1-13-2-4-15-6-8-17-10-12/h1-10H2. The van der Waals surface area contributed by atoms with E-state index in [-0.39, 0.29) is 13.2 Å². The molecule has 0 saturated carbocycles. The lowest BCUT2D eigenvalue weighted by molar-refractivity contribution is -0.0255. The van der Waals surface area contributed by atoms with Gasteiger partial charge in [0.1, 0.15) is 0 Å². The quantitative estimate of drug-likeness (QED) is 0.434. The fraction of sp³-hybridized carbons (Fsp3) is 1.00. The van der Waals surface area contributed by atoms with Gasteiger partial charge in [-0.3, -0.25) is 0 Å². The molecule has 104 valence electrons. The van der Waals surface area contributed by atoms with Crippen molar-refractivity contribution in [2.24, 2.45) is 0 Å². The van der Waals surface area contributed by atoms with Crippen LogP contribution in [0.1, 0.15) is 0 Å². The first-order valence-corrected chi connectivity index (χ1v) is 5.42. The van der Waals surface area contributed by atoms with Crippen molar-refractivity contribution in [3.05, 3.63) is 0 Å². The second-order valence-electron chi connectivity index (χ2n) is 2.87. The molecule has 0 rings (SSSR count). The highest BCUT2D eigenvalue weighted by atomic mass is 19.1. The second-order valence-corrected chi connectivity index (χ2v) is 2.87. The van der Waals surface area contributed by atoms with Gasteiger partial charge < -0.3 is 23.7 Å². The maximum atomic E-state index is 11.5. The highest BCUT2D eigenvalue weighted by Crippen LogP contribution is 1.83. The molecule has 0 bridgehead atoms. The molecule has 0 aromatic carbocycles. The summed E-state index contributed by atoms with van der Waals surface area (Å²) in [6.07, 6.45) is 0. The van der Waals surface area contributed by atoms with Crippen molar-refractivity contribution < 1.29 is 32.5 Å². The SMILES string of the molecule is FCOCCOCCOCCOCCOCF. The van der Waals surface area contributed by atoms with Crippen LogP contribution in [-0.2, 0) is 23.7 Å². The Balaban J connectivity index is 2.85. The highest BCUT2D eigenvalue weighted by Gasteiger charge is 1.92. The molecular weight excluding hydrogens is 238 g/mol. The summed E-state index contributed by atoms with van der Waals surface area (Å²) < 4.78 is 47.1. The molecule has 0 aromatic rings. The molecule has 0 spiro atoms. The predicted octanol–water partition coefficient (Wildman–Crippen LogP) is 0.923. The predicted molar refractivity (Wildman–Crippen MR) is 56.3 cm³/mol. The van der Waals surface area contributed by atoms with E-state index in [0.29, 0.717) is 39.6 Å². The van der Waals surface area contributed by atoms with Crippen molar-refractivity contribution in [2.45, 2.75) is 0 Å². The third kappa shape index (κ3) is 15.7. The Morgan fingerprint density at radius 1 is 0.412 bits per heavy atom. The first-order chi connectivity index (χ1) is 8.41. The van der Waals surface area contributed by atoms with E-state index in [1.807, 2.05) is 0 Å². The van der Waals surface area contributed by atoms with Crippen molar-refractivity contribution >= 4 is 0 Å². The molecule has 17 heavy (non-hydrogen) atoms. The number of ether oxygens (including phenoxy) is 5. The van der Waals surface area contributed by atoms with E-state index in [9.17, 15) is 8.78 Å². The second kappa shape index (κ2) is 15.7. The minimum atomic E-state index is -0.788. The smallest absolute Gasteiger partial charge is 0.188 e. The van der Waals surface area contributed by atoms with Crippen LogP contribution in [0.5, 0.6) is 0 Å². The van der Waals surface area contributed by atoms with E-state index >= 15 is 0 Å². The van der Waals surface area contributed by atoms with Crippen LogP contribution in [0.3, 0.4) is 0 Å². The third-order valence-electron chi connectivity index (χ3n) is 1.64. The molecule has 0 heterocycles. The van der Waals surface area contributed by atoms with Gasteiger partial charge in [-0.05, 0) is 0 Å². The molecule has 0 atom stereocenters. The number of rotatable bonds is 14. The Bertz CT molecular complexity index is 126. The monoisotopic (exact) mass is 258 g/mol. The summed E-state index contributed by atoms with van der Waals surface area (Å²) >= 11 is 0. The maximum absolute atomic E-state index is 11.5. The van der Waals surface area contributed by atoms with Gasteiger partial charge in [0.25, 0.3) is 0 Å². The van der Waals surface area contributed by atoms with Gasteiger partial charge in [0.2, 0.25) is 0 Å². The lowest BCUT2D eigenvalue weighted by Crippen LogP contribution is -2.13. The fourth-order valence-corrected chi connectivity index (χ4v) is 0.887. The van der Waals surface area contributed by atoms with E-state index in [1.54, 1.807) is 0 Å². The molecule has 7 heteroatoms. The molecule has 0 aliphatic rings. The van der Waals surface area contributed by atoms with Crippen molar-refractivity contribution in [1.29, 1.82) is 0 Å². The summed E-state index contributed by atoms with van der Waals surface area (Å²) in [6.45, 7) is 1.37. The van der Waals surface area contributed by atoms with Gasteiger partial charge in [-0.1, -0.05) is 0 Å². The van der Waals surface area contributed by atoms with Crippen molar-refractivity contribution in [3.8, 4) is 0 Å². The summed E-state index contributed by atoms with van der Waals surface area (Å²) in [4.78, 5) is 0. The lowest BCUT2D eigenvalue weighted by atomic mass is 10.7. The fourth-order valence-electron chi connectivity index (χ4n) is 0.887. The highest BCUT2D eigenvalue weighted by molar-refractivity contribution is 4.34. The molecule has 0 aliphatic heterocycles. The van der Waals surface area contributed by atoms with Gasteiger partial charge in [0.05, 0.1) is 52.9 Å². The summed E-state index contributed by atoms with van der Waals surface area (Å²) in [5.41, 5.74) is 0. The Kier molecular flexibility index (Phi) is 15.3. The Hall–Kier alpha value is -0.340. The third-order valence-corrected chi connectivity index (χ3v) is 1.64. The minimum absolute atomic E-state index is 0.244. The van der Waals surface area contributed by atoms with E-state index in [2.05, 4.69) is 9.47 Å². The van der Waals surface area contributed by atoms with E-state index in [0.717, 1.165) is 0 Å². The Morgan fingerprint density at radius 2 is 0.647 bits per heavy atom. The van der Waals surface area contributed by atoms with E-state index < -0.39 is 13.7 Å². The summed E-state index contributed by atoms with van der Waals surface area (Å²) in [7, 11) is 0. The van der Waals surface area contributed by atoms with Crippen LogP contribution in [0.4, 0.5) is 8.78 Å². The molecule has 0 N–H and O–H groups in total. The zero-order valence-corrected chi connectivity index (χ0v) is 9.87. The number of alkyl halides is 2. The zero-order chi connectivity index (χ0) is 12.6. The van der Waals surface area contributed by atoms with Crippen molar-refractivity contribution in [1.82, 2.24) is 0 Å². The van der Waals surface area contributed by atoms with Gasteiger partial charge in [0, 0.05) is 0 Å². The summed E-state index contributed by atoms with van der Waals surface area (Å²) in [6, 6.07) is 0. The normalized spacial score (nSPS) is 10.9.